The number of nitrogens with zero attached hydrogens (tertiary/aromatic N) is 1. The van der Waals surface area contributed by atoms with Crippen LogP contribution in [0.2, 0.25) is 0 Å². The van der Waals surface area contributed by atoms with E-state index in [1.165, 1.54) is 0 Å². The van der Waals surface area contributed by atoms with Crippen LogP contribution in [0.1, 0.15) is 16.7 Å². The van der Waals surface area contributed by atoms with E-state index in [2.05, 4.69) is 0 Å². The minimum absolute atomic E-state index is 0.122. The SMILES string of the molecule is Cc1cc(C#N)ccc1COc1cc(F)ccc1F. The van der Waals surface area contributed by atoms with Gasteiger partial charge < -0.3 is 4.74 Å². The third-order valence-corrected chi connectivity index (χ3v) is 2.75. The minimum Gasteiger partial charge on any atom is -0.486 e. The summed E-state index contributed by atoms with van der Waals surface area (Å²) in [5, 5.41) is 8.76. The lowest BCUT2D eigenvalue weighted by Gasteiger charge is -2.09. The first kappa shape index (κ1) is 13.0. The lowest BCUT2D eigenvalue weighted by atomic mass is 10.1. The molecule has 0 atom stereocenters. The Morgan fingerprint density at radius 2 is 1.95 bits per heavy atom. The zero-order chi connectivity index (χ0) is 13.8. The van der Waals surface area contributed by atoms with Gasteiger partial charge in [0.25, 0.3) is 0 Å². The molecule has 2 rings (SSSR count). The Morgan fingerprint density at radius 3 is 2.63 bits per heavy atom. The molecule has 4 heteroatoms. The molecule has 0 radical (unpaired) electrons. The highest BCUT2D eigenvalue weighted by Gasteiger charge is 2.06. The molecule has 0 saturated heterocycles. The summed E-state index contributed by atoms with van der Waals surface area (Å²) >= 11 is 0. The van der Waals surface area contributed by atoms with Crippen LogP contribution >= 0.6 is 0 Å². The van der Waals surface area contributed by atoms with Gasteiger partial charge in [0.05, 0.1) is 11.6 Å². The first-order chi connectivity index (χ1) is 9.10. The standard InChI is InChI=1S/C15H11F2NO/c1-10-6-11(8-18)2-3-12(10)9-19-15-7-13(16)4-5-14(15)17/h2-7H,9H2,1H3. The predicted octanol–water partition coefficient (Wildman–Crippen LogP) is 3.72. The number of ether oxygens (including phenoxy) is 1. The van der Waals surface area contributed by atoms with Gasteiger partial charge in [0.1, 0.15) is 12.4 Å². The Balaban J connectivity index is 2.15. The molecule has 19 heavy (non-hydrogen) atoms. The van der Waals surface area contributed by atoms with Crippen molar-refractivity contribution < 1.29 is 13.5 Å². The van der Waals surface area contributed by atoms with Crippen LogP contribution in [0.15, 0.2) is 36.4 Å². The van der Waals surface area contributed by atoms with Crippen molar-refractivity contribution in [1.29, 1.82) is 5.26 Å². The van der Waals surface area contributed by atoms with E-state index in [0.717, 1.165) is 29.3 Å². The average molecular weight is 259 g/mol. The topological polar surface area (TPSA) is 33.0 Å². The molecule has 0 unspecified atom stereocenters. The van der Waals surface area contributed by atoms with Crippen LogP contribution in [-0.2, 0) is 6.61 Å². The molecule has 0 heterocycles. The highest BCUT2D eigenvalue weighted by molar-refractivity contribution is 5.37. The normalized spacial score (nSPS) is 10.0. The van der Waals surface area contributed by atoms with E-state index >= 15 is 0 Å². The summed E-state index contributed by atoms with van der Waals surface area (Å²) in [4.78, 5) is 0. The van der Waals surface area contributed by atoms with E-state index in [-0.39, 0.29) is 12.4 Å². The summed E-state index contributed by atoms with van der Waals surface area (Å²) in [7, 11) is 0. The summed E-state index contributed by atoms with van der Waals surface area (Å²) in [6.07, 6.45) is 0. The van der Waals surface area contributed by atoms with Gasteiger partial charge in [0.2, 0.25) is 0 Å². The van der Waals surface area contributed by atoms with Crippen LogP contribution in [-0.4, -0.2) is 0 Å². The van der Waals surface area contributed by atoms with Crippen LogP contribution in [0, 0.1) is 29.9 Å². The molecule has 2 aromatic rings. The number of benzene rings is 2. The van der Waals surface area contributed by atoms with Gasteiger partial charge in [0, 0.05) is 6.07 Å². The van der Waals surface area contributed by atoms with Crippen LogP contribution in [0.25, 0.3) is 0 Å². The zero-order valence-corrected chi connectivity index (χ0v) is 10.3. The van der Waals surface area contributed by atoms with Crippen molar-refractivity contribution in [2.24, 2.45) is 0 Å². The third kappa shape index (κ3) is 3.08. The third-order valence-electron chi connectivity index (χ3n) is 2.75. The van der Waals surface area contributed by atoms with Crippen molar-refractivity contribution >= 4 is 0 Å². The van der Waals surface area contributed by atoms with E-state index < -0.39 is 11.6 Å². The Kier molecular flexibility index (Phi) is 3.76. The predicted molar refractivity (Wildman–Crippen MR) is 66.6 cm³/mol. The largest absolute Gasteiger partial charge is 0.486 e. The molecule has 0 aliphatic rings. The van der Waals surface area contributed by atoms with Gasteiger partial charge in [-0.1, -0.05) is 6.07 Å². The van der Waals surface area contributed by atoms with Crippen molar-refractivity contribution in [1.82, 2.24) is 0 Å². The monoisotopic (exact) mass is 259 g/mol. The lowest BCUT2D eigenvalue weighted by Crippen LogP contribution is -2.00. The average Bonchev–Trinajstić information content (AvgIpc) is 2.40. The smallest absolute Gasteiger partial charge is 0.165 e. The molecular weight excluding hydrogens is 248 g/mol. The van der Waals surface area contributed by atoms with Crippen molar-refractivity contribution in [2.45, 2.75) is 13.5 Å². The molecule has 2 nitrogen and oxygen atoms in total. The molecule has 0 aliphatic carbocycles. The van der Waals surface area contributed by atoms with Crippen LogP contribution < -0.4 is 4.74 Å². The number of hydrogen-bond acceptors (Lipinski definition) is 2. The van der Waals surface area contributed by atoms with Crippen LogP contribution in [0.4, 0.5) is 8.78 Å². The molecule has 0 saturated carbocycles. The summed E-state index contributed by atoms with van der Waals surface area (Å²) in [6.45, 7) is 1.96. The number of rotatable bonds is 3. The molecule has 0 bridgehead atoms. The maximum atomic E-state index is 13.4. The van der Waals surface area contributed by atoms with E-state index in [1.54, 1.807) is 18.2 Å². The molecule has 0 spiro atoms. The lowest BCUT2D eigenvalue weighted by molar-refractivity contribution is 0.288. The number of aryl methyl sites for hydroxylation is 1. The summed E-state index contributed by atoms with van der Waals surface area (Å²) in [5.41, 5.74) is 2.25. The maximum absolute atomic E-state index is 13.4. The second-order valence-corrected chi connectivity index (χ2v) is 4.12. The fourth-order valence-electron chi connectivity index (χ4n) is 1.67. The highest BCUT2D eigenvalue weighted by atomic mass is 19.1. The molecule has 0 aliphatic heterocycles. The van der Waals surface area contributed by atoms with Crippen molar-refractivity contribution in [3.8, 4) is 11.8 Å². The van der Waals surface area contributed by atoms with Gasteiger partial charge in [-0.15, -0.1) is 0 Å². The van der Waals surface area contributed by atoms with Gasteiger partial charge in [-0.3, -0.25) is 0 Å². The van der Waals surface area contributed by atoms with E-state index in [4.69, 9.17) is 10.00 Å². The van der Waals surface area contributed by atoms with Gasteiger partial charge >= 0.3 is 0 Å². The molecule has 0 fully saturated rings. The first-order valence-electron chi connectivity index (χ1n) is 5.67. The fraction of sp³-hybridized carbons (Fsp3) is 0.133. The van der Waals surface area contributed by atoms with Crippen LogP contribution in [0.5, 0.6) is 5.75 Å². The molecule has 0 amide bonds. The van der Waals surface area contributed by atoms with Gasteiger partial charge in [0.15, 0.2) is 11.6 Å². The van der Waals surface area contributed by atoms with E-state index in [0.29, 0.717) is 5.56 Å². The van der Waals surface area contributed by atoms with E-state index in [1.807, 2.05) is 13.0 Å². The molecule has 0 aromatic heterocycles. The van der Waals surface area contributed by atoms with Crippen molar-refractivity contribution in [3.63, 3.8) is 0 Å². The number of halogens is 2. The summed E-state index contributed by atoms with van der Waals surface area (Å²) < 4.78 is 31.6. The van der Waals surface area contributed by atoms with Crippen molar-refractivity contribution in [2.75, 3.05) is 0 Å². The van der Waals surface area contributed by atoms with Gasteiger partial charge in [-0.2, -0.15) is 5.26 Å². The second kappa shape index (κ2) is 5.49. The first-order valence-corrected chi connectivity index (χ1v) is 5.67. The van der Waals surface area contributed by atoms with Crippen LogP contribution in [0.3, 0.4) is 0 Å². The molecule has 96 valence electrons. The number of nitriles is 1. The van der Waals surface area contributed by atoms with E-state index in [9.17, 15) is 8.78 Å². The van der Waals surface area contributed by atoms with Gasteiger partial charge in [-0.05, 0) is 42.3 Å². The Hall–Kier alpha value is -2.41. The maximum Gasteiger partial charge on any atom is 0.165 e. The highest BCUT2D eigenvalue weighted by Crippen LogP contribution is 2.20. The molecular formula is C15H11F2NO. The number of hydrogen-bond donors (Lipinski definition) is 0. The fourth-order valence-corrected chi connectivity index (χ4v) is 1.67. The van der Waals surface area contributed by atoms with Crippen molar-refractivity contribution in [3.05, 3.63) is 64.7 Å². The molecule has 0 N–H and O–H groups in total. The quantitative estimate of drug-likeness (QED) is 0.841. The second-order valence-electron chi connectivity index (χ2n) is 4.12. The Morgan fingerprint density at radius 1 is 1.16 bits per heavy atom. The summed E-state index contributed by atoms with van der Waals surface area (Å²) in [6, 6.07) is 10.2. The Bertz CT molecular complexity index is 647. The molecule has 2 aromatic carbocycles. The van der Waals surface area contributed by atoms with Gasteiger partial charge in [-0.25, -0.2) is 8.78 Å². The zero-order valence-electron chi connectivity index (χ0n) is 10.3. The summed E-state index contributed by atoms with van der Waals surface area (Å²) in [5.74, 6) is -1.27. The Labute approximate surface area is 109 Å². The minimum atomic E-state index is -0.604.